The highest BCUT2D eigenvalue weighted by Crippen LogP contribution is 2.37. The molecule has 0 radical (unpaired) electrons. The first-order valence-corrected chi connectivity index (χ1v) is 12.6. The van der Waals surface area contributed by atoms with Gasteiger partial charge in [0.1, 0.15) is 5.69 Å². The van der Waals surface area contributed by atoms with Gasteiger partial charge >= 0.3 is 0 Å². The molecule has 2 aromatic rings. The fraction of sp³-hybridized carbons (Fsp3) is 0.615. The Bertz CT molecular complexity index is 921. The summed E-state index contributed by atoms with van der Waals surface area (Å²) in [5, 5.41) is 4.54. The van der Waals surface area contributed by atoms with Gasteiger partial charge in [-0.1, -0.05) is 35.5 Å². The SMILES string of the molecule is C[C@H]1CCCCN1c1onc(-c2ccccc2)c1CN(CCN1CCOCC1)C(=O)C1CC1. The lowest BCUT2D eigenvalue weighted by molar-refractivity contribution is -0.133. The van der Waals surface area contributed by atoms with Crippen LogP contribution in [0.3, 0.4) is 0 Å². The highest BCUT2D eigenvalue weighted by molar-refractivity contribution is 5.81. The summed E-state index contributed by atoms with van der Waals surface area (Å²) in [6.07, 6.45) is 5.59. The summed E-state index contributed by atoms with van der Waals surface area (Å²) in [7, 11) is 0. The van der Waals surface area contributed by atoms with Gasteiger partial charge in [0.25, 0.3) is 0 Å². The van der Waals surface area contributed by atoms with Crippen molar-refractivity contribution in [2.75, 3.05) is 50.8 Å². The number of benzene rings is 1. The van der Waals surface area contributed by atoms with Gasteiger partial charge < -0.3 is 19.1 Å². The van der Waals surface area contributed by atoms with Crippen molar-refractivity contribution < 1.29 is 14.1 Å². The van der Waals surface area contributed by atoms with Gasteiger partial charge in [-0.15, -0.1) is 0 Å². The minimum atomic E-state index is 0.187. The molecule has 0 unspecified atom stereocenters. The molecule has 1 aromatic carbocycles. The standard InChI is InChI=1S/C26H36N4O3/c1-20-7-5-6-12-30(20)26-23(24(27-33-26)21-8-3-2-4-9-21)19-29(25(31)22-10-11-22)14-13-28-15-17-32-18-16-28/h2-4,8-9,20,22H,5-7,10-19H2,1H3/t20-/m0/s1. The number of morpholine rings is 1. The van der Waals surface area contributed by atoms with Crippen LogP contribution in [0.5, 0.6) is 0 Å². The Balaban J connectivity index is 1.43. The molecule has 1 aromatic heterocycles. The Labute approximate surface area is 196 Å². The minimum absolute atomic E-state index is 0.187. The number of anilines is 1. The van der Waals surface area contributed by atoms with Gasteiger partial charge in [0.2, 0.25) is 11.8 Å². The second-order valence-electron chi connectivity index (χ2n) is 9.71. The van der Waals surface area contributed by atoms with E-state index in [2.05, 4.69) is 38.9 Å². The highest BCUT2D eigenvalue weighted by atomic mass is 16.5. The maximum absolute atomic E-state index is 13.3. The molecule has 3 heterocycles. The summed E-state index contributed by atoms with van der Waals surface area (Å²) in [6.45, 7) is 8.81. The third-order valence-electron chi connectivity index (χ3n) is 7.26. The van der Waals surface area contributed by atoms with Crippen LogP contribution in [0.4, 0.5) is 5.88 Å². The molecule has 33 heavy (non-hydrogen) atoms. The van der Waals surface area contributed by atoms with Gasteiger partial charge in [-0.05, 0) is 39.0 Å². The molecule has 5 rings (SSSR count). The number of aromatic nitrogens is 1. The number of carbonyl (C=O) groups is 1. The lowest BCUT2D eigenvalue weighted by Crippen LogP contribution is -2.43. The number of rotatable bonds is 8. The van der Waals surface area contributed by atoms with E-state index in [-0.39, 0.29) is 11.8 Å². The molecule has 1 aliphatic carbocycles. The van der Waals surface area contributed by atoms with Crippen molar-refractivity contribution in [2.45, 2.75) is 51.6 Å². The fourth-order valence-corrected chi connectivity index (χ4v) is 5.02. The number of ether oxygens (including phenoxy) is 1. The van der Waals surface area contributed by atoms with E-state index >= 15 is 0 Å². The summed E-state index contributed by atoms with van der Waals surface area (Å²) in [4.78, 5) is 20.1. The second kappa shape index (κ2) is 10.3. The Morgan fingerprint density at radius 3 is 2.61 bits per heavy atom. The quantitative estimate of drug-likeness (QED) is 0.607. The zero-order valence-corrected chi connectivity index (χ0v) is 19.7. The summed E-state index contributed by atoms with van der Waals surface area (Å²) >= 11 is 0. The van der Waals surface area contributed by atoms with Crippen molar-refractivity contribution in [1.82, 2.24) is 15.0 Å². The predicted molar refractivity (Wildman–Crippen MR) is 128 cm³/mol. The van der Waals surface area contributed by atoms with Crippen LogP contribution < -0.4 is 4.90 Å². The molecular formula is C26H36N4O3. The van der Waals surface area contributed by atoms with Gasteiger partial charge in [-0.2, -0.15) is 0 Å². The van der Waals surface area contributed by atoms with Crippen LogP contribution in [0.2, 0.25) is 0 Å². The maximum atomic E-state index is 13.3. The van der Waals surface area contributed by atoms with E-state index in [1.165, 1.54) is 6.42 Å². The van der Waals surface area contributed by atoms with Gasteiger partial charge in [0, 0.05) is 50.2 Å². The number of amides is 1. The number of hydrogen-bond donors (Lipinski definition) is 0. The zero-order chi connectivity index (χ0) is 22.6. The van der Waals surface area contributed by atoms with E-state index in [9.17, 15) is 4.79 Å². The average molecular weight is 453 g/mol. The van der Waals surface area contributed by atoms with Crippen LogP contribution in [-0.2, 0) is 16.1 Å². The van der Waals surface area contributed by atoms with Crippen LogP contribution in [0, 0.1) is 5.92 Å². The molecule has 2 aliphatic heterocycles. The van der Waals surface area contributed by atoms with Crippen LogP contribution >= 0.6 is 0 Å². The van der Waals surface area contributed by atoms with Gasteiger partial charge in [0.15, 0.2) is 0 Å². The topological polar surface area (TPSA) is 62.1 Å². The van der Waals surface area contributed by atoms with Crippen molar-refractivity contribution in [2.24, 2.45) is 5.92 Å². The van der Waals surface area contributed by atoms with E-state index in [1.54, 1.807) is 0 Å². The molecule has 0 N–H and O–H groups in total. The van der Waals surface area contributed by atoms with Crippen LogP contribution in [-0.4, -0.2) is 72.8 Å². The Morgan fingerprint density at radius 2 is 1.88 bits per heavy atom. The van der Waals surface area contributed by atoms with E-state index in [1.807, 2.05) is 18.2 Å². The molecule has 1 amide bonds. The third-order valence-corrected chi connectivity index (χ3v) is 7.26. The number of carbonyl (C=O) groups excluding carboxylic acids is 1. The molecule has 3 aliphatic rings. The molecule has 3 fully saturated rings. The number of hydrogen-bond acceptors (Lipinski definition) is 6. The monoisotopic (exact) mass is 452 g/mol. The first-order chi connectivity index (χ1) is 16.2. The average Bonchev–Trinajstić information content (AvgIpc) is 3.63. The molecule has 7 heteroatoms. The normalized spacial score (nSPS) is 21.8. The van der Waals surface area contributed by atoms with Crippen LogP contribution in [0.15, 0.2) is 34.9 Å². The maximum Gasteiger partial charge on any atom is 0.233 e. The fourth-order valence-electron chi connectivity index (χ4n) is 5.02. The molecular weight excluding hydrogens is 416 g/mol. The second-order valence-corrected chi connectivity index (χ2v) is 9.71. The largest absolute Gasteiger partial charge is 0.379 e. The molecule has 7 nitrogen and oxygen atoms in total. The summed E-state index contributed by atoms with van der Waals surface area (Å²) < 4.78 is 11.5. The Hall–Kier alpha value is -2.38. The molecule has 0 bridgehead atoms. The first-order valence-electron chi connectivity index (χ1n) is 12.6. The van der Waals surface area contributed by atoms with E-state index < -0.39 is 0 Å². The molecule has 1 atom stereocenters. The summed E-state index contributed by atoms with van der Waals surface area (Å²) in [5.74, 6) is 1.31. The predicted octanol–water partition coefficient (Wildman–Crippen LogP) is 3.79. The van der Waals surface area contributed by atoms with Crippen molar-refractivity contribution in [3.63, 3.8) is 0 Å². The summed E-state index contributed by atoms with van der Waals surface area (Å²) in [6, 6.07) is 10.6. The van der Waals surface area contributed by atoms with E-state index in [4.69, 9.17) is 9.26 Å². The molecule has 1 saturated carbocycles. The lowest BCUT2D eigenvalue weighted by Gasteiger charge is -2.34. The molecule has 0 spiro atoms. The van der Waals surface area contributed by atoms with E-state index in [0.717, 1.165) is 94.3 Å². The number of piperidine rings is 1. The first kappa shape index (κ1) is 22.4. The van der Waals surface area contributed by atoms with Crippen LogP contribution in [0.25, 0.3) is 11.3 Å². The van der Waals surface area contributed by atoms with Crippen molar-refractivity contribution >= 4 is 11.8 Å². The third kappa shape index (κ3) is 5.25. The zero-order valence-electron chi connectivity index (χ0n) is 19.7. The van der Waals surface area contributed by atoms with Gasteiger partial charge in [-0.3, -0.25) is 9.69 Å². The Kier molecular flexibility index (Phi) is 6.97. The Morgan fingerprint density at radius 1 is 1.09 bits per heavy atom. The minimum Gasteiger partial charge on any atom is -0.379 e. The lowest BCUT2D eigenvalue weighted by atomic mass is 10.0. The molecule has 178 valence electrons. The van der Waals surface area contributed by atoms with Gasteiger partial charge in [0.05, 0.1) is 25.3 Å². The van der Waals surface area contributed by atoms with Crippen LogP contribution in [0.1, 0.15) is 44.6 Å². The highest BCUT2D eigenvalue weighted by Gasteiger charge is 2.36. The van der Waals surface area contributed by atoms with Crippen molar-refractivity contribution in [3.8, 4) is 11.3 Å². The number of nitrogens with zero attached hydrogens (tertiary/aromatic N) is 4. The molecule has 2 saturated heterocycles. The smallest absolute Gasteiger partial charge is 0.233 e. The van der Waals surface area contributed by atoms with Crippen molar-refractivity contribution in [3.05, 3.63) is 35.9 Å². The van der Waals surface area contributed by atoms with Crippen molar-refractivity contribution in [1.29, 1.82) is 0 Å². The van der Waals surface area contributed by atoms with E-state index in [0.29, 0.717) is 12.6 Å². The van der Waals surface area contributed by atoms with Gasteiger partial charge in [-0.25, -0.2) is 0 Å². The summed E-state index contributed by atoms with van der Waals surface area (Å²) in [5.41, 5.74) is 2.95.